The van der Waals surface area contributed by atoms with Gasteiger partial charge in [0.05, 0.1) is 13.2 Å². The SMILES string of the molecule is CCCCN1C(=O)C(CC(C)C)NC(=O)C12CCN(Cc1ccc(C(=O)N3CCOCC3)cc1)CC2. The van der Waals surface area contributed by atoms with Crippen molar-refractivity contribution in [1.29, 1.82) is 0 Å². The predicted octanol–water partition coefficient (Wildman–Crippen LogP) is 2.67. The first-order valence-corrected chi connectivity index (χ1v) is 13.6. The number of nitrogens with zero attached hydrogens (tertiary/aromatic N) is 3. The summed E-state index contributed by atoms with van der Waals surface area (Å²) in [6.45, 7) is 11.7. The molecule has 3 heterocycles. The molecule has 1 unspecified atom stereocenters. The number of morpholine rings is 1. The van der Waals surface area contributed by atoms with Crippen LogP contribution in [-0.2, 0) is 20.9 Å². The third-order valence-corrected chi connectivity index (χ3v) is 7.84. The summed E-state index contributed by atoms with van der Waals surface area (Å²) >= 11 is 0. The molecule has 1 N–H and O–H groups in total. The molecule has 0 bridgehead atoms. The largest absolute Gasteiger partial charge is 0.378 e. The van der Waals surface area contributed by atoms with Crippen LogP contribution in [0.1, 0.15) is 68.8 Å². The lowest BCUT2D eigenvalue weighted by atomic mass is 9.80. The van der Waals surface area contributed by atoms with Gasteiger partial charge in [-0.15, -0.1) is 0 Å². The van der Waals surface area contributed by atoms with Gasteiger partial charge < -0.3 is 19.9 Å². The third kappa shape index (κ3) is 5.75. The van der Waals surface area contributed by atoms with Crippen LogP contribution in [-0.4, -0.2) is 89.9 Å². The molecule has 1 aromatic rings. The van der Waals surface area contributed by atoms with E-state index < -0.39 is 11.6 Å². The lowest BCUT2D eigenvalue weighted by molar-refractivity contribution is -0.161. The number of hydrogen-bond donors (Lipinski definition) is 1. The molecule has 8 nitrogen and oxygen atoms in total. The van der Waals surface area contributed by atoms with E-state index in [-0.39, 0.29) is 17.7 Å². The molecular formula is C28H42N4O4. The minimum atomic E-state index is -0.731. The minimum absolute atomic E-state index is 0.0227. The Kier molecular flexibility index (Phi) is 8.67. The molecule has 4 rings (SSSR count). The van der Waals surface area contributed by atoms with Crippen molar-refractivity contribution in [2.24, 2.45) is 5.92 Å². The van der Waals surface area contributed by atoms with Crippen LogP contribution in [0.4, 0.5) is 0 Å². The highest BCUT2D eigenvalue weighted by molar-refractivity contribution is 6.00. The maximum absolute atomic E-state index is 13.4. The zero-order valence-electron chi connectivity index (χ0n) is 22.1. The van der Waals surface area contributed by atoms with E-state index in [4.69, 9.17) is 4.74 Å². The van der Waals surface area contributed by atoms with Gasteiger partial charge in [0, 0.05) is 44.8 Å². The van der Waals surface area contributed by atoms with Gasteiger partial charge in [-0.3, -0.25) is 19.3 Å². The highest BCUT2D eigenvalue weighted by Crippen LogP contribution is 2.34. The molecule has 1 atom stereocenters. The van der Waals surface area contributed by atoms with Crippen molar-refractivity contribution in [1.82, 2.24) is 20.0 Å². The Morgan fingerprint density at radius 2 is 1.75 bits per heavy atom. The maximum Gasteiger partial charge on any atom is 0.254 e. The first-order chi connectivity index (χ1) is 17.3. The Morgan fingerprint density at radius 1 is 1.08 bits per heavy atom. The molecule has 3 amide bonds. The van der Waals surface area contributed by atoms with Crippen LogP contribution in [0, 0.1) is 5.92 Å². The monoisotopic (exact) mass is 498 g/mol. The van der Waals surface area contributed by atoms with Gasteiger partial charge in [-0.2, -0.15) is 0 Å². The lowest BCUT2D eigenvalue weighted by Gasteiger charge is -2.52. The molecule has 3 aliphatic heterocycles. The Hall–Kier alpha value is -2.45. The summed E-state index contributed by atoms with van der Waals surface area (Å²) in [7, 11) is 0. The van der Waals surface area contributed by atoms with E-state index in [1.807, 2.05) is 34.1 Å². The van der Waals surface area contributed by atoms with Crippen LogP contribution in [0.3, 0.4) is 0 Å². The average molecular weight is 499 g/mol. The zero-order valence-corrected chi connectivity index (χ0v) is 22.1. The van der Waals surface area contributed by atoms with E-state index >= 15 is 0 Å². The smallest absolute Gasteiger partial charge is 0.254 e. The molecule has 0 radical (unpaired) electrons. The van der Waals surface area contributed by atoms with E-state index in [1.165, 1.54) is 0 Å². The molecule has 1 aromatic carbocycles. The van der Waals surface area contributed by atoms with Gasteiger partial charge in [0.15, 0.2) is 0 Å². The van der Waals surface area contributed by atoms with Crippen LogP contribution in [0.15, 0.2) is 24.3 Å². The number of ether oxygens (including phenoxy) is 1. The Labute approximate surface area is 215 Å². The second kappa shape index (κ2) is 11.7. The van der Waals surface area contributed by atoms with E-state index in [2.05, 4.69) is 31.0 Å². The van der Waals surface area contributed by atoms with Crippen LogP contribution >= 0.6 is 0 Å². The minimum Gasteiger partial charge on any atom is -0.378 e. The number of rotatable bonds is 8. The maximum atomic E-state index is 13.4. The first-order valence-electron chi connectivity index (χ1n) is 13.6. The fourth-order valence-corrected chi connectivity index (χ4v) is 5.69. The van der Waals surface area contributed by atoms with E-state index in [9.17, 15) is 14.4 Å². The number of amides is 3. The Bertz CT molecular complexity index is 918. The number of carbonyl (C=O) groups is 3. The van der Waals surface area contributed by atoms with Gasteiger partial charge in [0.1, 0.15) is 11.6 Å². The summed E-state index contributed by atoms with van der Waals surface area (Å²) in [5.41, 5.74) is 1.12. The summed E-state index contributed by atoms with van der Waals surface area (Å²) in [6.07, 6.45) is 3.88. The van der Waals surface area contributed by atoms with Gasteiger partial charge in [-0.25, -0.2) is 0 Å². The molecule has 3 aliphatic rings. The summed E-state index contributed by atoms with van der Waals surface area (Å²) < 4.78 is 5.34. The average Bonchev–Trinajstić information content (AvgIpc) is 2.89. The van der Waals surface area contributed by atoms with Crippen molar-refractivity contribution >= 4 is 17.7 Å². The molecule has 3 fully saturated rings. The van der Waals surface area contributed by atoms with Crippen LogP contribution in [0.5, 0.6) is 0 Å². The molecule has 36 heavy (non-hydrogen) atoms. The Balaban J connectivity index is 1.38. The van der Waals surface area contributed by atoms with Crippen molar-refractivity contribution in [2.45, 2.75) is 71.0 Å². The van der Waals surface area contributed by atoms with Crippen molar-refractivity contribution in [2.75, 3.05) is 45.9 Å². The zero-order chi connectivity index (χ0) is 25.7. The van der Waals surface area contributed by atoms with Crippen LogP contribution in [0.25, 0.3) is 0 Å². The normalized spacial score (nSPS) is 22.8. The summed E-state index contributed by atoms with van der Waals surface area (Å²) in [4.78, 5) is 45.7. The van der Waals surface area contributed by atoms with E-state index in [0.717, 1.165) is 38.0 Å². The van der Waals surface area contributed by atoms with Crippen LogP contribution < -0.4 is 5.32 Å². The number of piperazine rings is 1. The van der Waals surface area contributed by atoms with Crippen molar-refractivity contribution in [3.63, 3.8) is 0 Å². The number of likely N-dealkylation sites (tertiary alicyclic amines) is 1. The van der Waals surface area contributed by atoms with Gasteiger partial charge in [0.2, 0.25) is 11.8 Å². The molecule has 0 aliphatic carbocycles. The number of benzene rings is 1. The Morgan fingerprint density at radius 3 is 2.36 bits per heavy atom. The first kappa shape index (κ1) is 26.6. The number of carbonyl (C=O) groups excluding carboxylic acids is 3. The highest BCUT2D eigenvalue weighted by atomic mass is 16.5. The molecule has 8 heteroatoms. The topological polar surface area (TPSA) is 82.2 Å². The summed E-state index contributed by atoms with van der Waals surface area (Å²) in [5.74, 6) is 0.514. The summed E-state index contributed by atoms with van der Waals surface area (Å²) in [6, 6.07) is 7.47. The second-order valence-electron chi connectivity index (χ2n) is 10.9. The number of nitrogens with one attached hydrogen (secondary N) is 1. The van der Waals surface area contributed by atoms with E-state index in [0.29, 0.717) is 63.6 Å². The fraction of sp³-hybridized carbons (Fsp3) is 0.679. The quantitative estimate of drug-likeness (QED) is 0.596. The van der Waals surface area contributed by atoms with Gasteiger partial charge in [-0.1, -0.05) is 39.3 Å². The highest BCUT2D eigenvalue weighted by Gasteiger charge is 2.53. The molecule has 0 saturated carbocycles. The lowest BCUT2D eigenvalue weighted by Crippen LogP contribution is -2.73. The van der Waals surface area contributed by atoms with E-state index in [1.54, 1.807) is 0 Å². The molecular weight excluding hydrogens is 456 g/mol. The molecule has 1 spiro atoms. The fourth-order valence-electron chi connectivity index (χ4n) is 5.69. The van der Waals surface area contributed by atoms with Gasteiger partial charge in [-0.05, 0) is 49.3 Å². The predicted molar refractivity (Wildman–Crippen MR) is 138 cm³/mol. The molecule has 198 valence electrons. The van der Waals surface area contributed by atoms with Crippen molar-refractivity contribution in [3.8, 4) is 0 Å². The van der Waals surface area contributed by atoms with Crippen molar-refractivity contribution in [3.05, 3.63) is 35.4 Å². The summed E-state index contributed by atoms with van der Waals surface area (Å²) in [5, 5.41) is 3.08. The van der Waals surface area contributed by atoms with Gasteiger partial charge >= 0.3 is 0 Å². The number of piperidine rings is 1. The molecule has 3 saturated heterocycles. The van der Waals surface area contributed by atoms with Crippen LogP contribution in [0.2, 0.25) is 0 Å². The second-order valence-corrected chi connectivity index (χ2v) is 10.9. The van der Waals surface area contributed by atoms with Gasteiger partial charge in [0.25, 0.3) is 5.91 Å². The third-order valence-electron chi connectivity index (χ3n) is 7.84. The van der Waals surface area contributed by atoms with Crippen molar-refractivity contribution < 1.29 is 19.1 Å². The number of hydrogen-bond acceptors (Lipinski definition) is 5. The molecule has 0 aromatic heterocycles. The standard InChI is InChI=1S/C28H42N4O4/c1-4-5-12-32-26(34)24(19-21(2)3)29-27(35)28(32)10-13-30(14-11-28)20-22-6-8-23(9-7-22)25(33)31-15-17-36-18-16-31/h6-9,21,24H,4-5,10-20H2,1-3H3,(H,29,35). The number of unbranched alkanes of at least 4 members (excludes halogenated alkanes) is 1.